The highest BCUT2D eigenvalue weighted by molar-refractivity contribution is 5.19. The van der Waals surface area contributed by atoms with Gasteiger partial charge in [-0.3, -0.25) is 0 Å². The molecule has 4 heteroatoms. The molecule has 0 saturated carbocycles. The quantitative estimate of drug-likeness (QED) is 0.583. The van der Waals surface area contributed by atoms with Crippen LogP contribution in [0.5, 0.6) is 0 Å². The van der Waals surface area contributed by atoms with Crippen LogP contribution in [0, 0.1) is 24.0 Å². The van der Waals surface area contributed by atoms with Crippen LogP contribution in [-0.2, 0) is 12.8 Å². The second-order valence-electron chi connectivity index (χ2n) is 3.86. The normalized spacial score (nSPS) is 15.3. The molecule has 0 unspecified atom stereocenters. The minimum Gasteiger partial charge on any atom is -0.805 e. The molecule has 14 heavy (non-hydrogen) atoms. The van der Waals surface area contributed by atoms with Gasteiger partial charge in [0, 0.05) is 18.3 Å². The average Bonchev–Trinajstić information content (AvgIpc) is 2.23. The third-order valence-corrected chi connectivity index (χ3v) is 3.03. The van der Waals surface area contributed by atoms with Gasteiger partial charge in [-0.15, -0.1) is 0 Å². The Labute approximate surface area is 82.4 Å². The van der Waals surface area contributed by atoms with Crippen molar-refractivity contribution in [1.29, 1.82) is 0 Å². The number of aromatic nitrogens is 2. The summed E-state index contributed by atoms with van der Waals surface area (Å²) >= 11 is 0. The number of nitrogens with zero attached hydrogens (tertiary/aromatic N) is 2. The predicted molar refractivity (Wildman–Crippen MR) is 52.7 cm³/mol. The molecule has 76 valence electrons. The van der Waals surface area contributed by atoms with Crippen molar-refractivity contribution in [2.24, 2.45) is 0 Å². The van der Waals surface area contributed by atoms with Gasteiger partial charge in [-0.05, 0) is 26.2 Å². The summed E-state index contributed by atoms with van der Waals surface area (Å²) in [6.07, 6.45) is 3.50. The minimum absolute atomic E-state index is 0.528. The molecule has 1 aliphatic rings. The molecule has 0 radical (unpaired) electrons. The van der Waals surface area contributed by atoms with E-state index in [1.54, 1.807) is 13.8 Å². The average molecular weight is 194 g/mol. The summed E-state index contributed by atoms with van der Waals surface area (Å²) in [5.41, 5.74) is 2.41. The molecule has 0 aromatic carbocycles. The van der Waals surface area contributed by atoms with Gasteiger partial charge in [0.2, 0.25) is 0 Å². The van der Waals surface area contributed by atoms with Gasteiger partial charge in [0.1, 0.15) is 0 Å². The van der Waals surface area contributed by atoms with Crippen molar-refractivity contribution in [3.63, 3.8) is 0 Å². The van der Waals surface area contributed by atoms with Crippen LogP contribution in [0.3, 0.4) is 0 Å². The molecule has 0 saturated heterocycles. The minimum atomic E-state index is 0.528. The van der Waals surface area contributed by atoms with Gasteiger partial charge in [0.15, 0.2) is 0 Å². The Kier molecular flexibility index (Phi) is 2.06. The Hall–Kier alpha value is -1.32. The lowest BCUT2D eigenvalue weighted by Crippen LogP contribution is -2.33. The zero-order chi connectivity index (χ0) is 10.3. The second-order valence-corrected chi connectivity index (χ2v) is 3.86. The zero-order valence-electron chi connectivity index (χ0n) is 8.54. The fraction of sp³-hybridized carbons (Fsp3) is 0.600. The lowest BCUT2D eigenvalue weighted by atomic mass is 10.00. The second kappa shape index (κ2) is 3.12. The summed E-state index contributed by atoms with van der Waals surface area (Å²) < 4.78 is 1.86. The molecule has 4 nitrogen and oxygen atoms in total. The first-order chi connectivity index (χ1) is 6.63. The first-order valence-electron chi connectivity index (χ1n) is 4.97. The summed E-state index contributed by atoms with van der Waals surface area (Å²) in [4.78, 5) is 11.8. The van der Waals surface area contributed by atoms with E-state index in [0.29, 0.717) is 22.8 Å². The molecule has 1 aromatic heterocycles. The number of hydrogen-bond acceptors (Lipinski definition) is 2. The van der Waals surface area contributed by atoms with Crippen molar-refractivity contribution in [2.45, 2.75) is 39.5 Å². The maximum atomic E-state index is 11.8. The van der Waals surface area contributed by atoms with Crippen LogP contribution >= 0.6 is 0 Å². The lowest BCUT2D eigenvalue weighted by molar-refractivity contribution is -0.515. The number of rotatable bonds is 0. The molecule has 0 aliphatic heterocycles. The molecule has 0 N–H and O–H groups in total. The number of fused-ring (bicyclic) bond motifs is 1. The number of hydrogen-bond donors (Lipinski definition) is 0. The molecule has 0 bridgehead atoms. The van der Waals surface area contributed by atoms with Gasteiger partial charge >= 0.3 is 0 Å². The Morgan fingerprint density at radius 3 is 2.64 bits per heavy atom. The summed E-state index contributed by atoms with van der Waals surface area (Å²) in [5.74, 6) is 0. The zero-order valence-corrected chi connectivity index (χ0v) is 8.54. The molecule has 1 aliphatic carbocycles. The van der Waals surface area contributed by atoms with E-state index in [1.807, 2.05) is 0 Å². The van der Waals surface area contributed by atoms with Gasteiger partial charge in [0.05, 0.1) is 15.8 Å². The largest absolute Gasteiger partial charge is 0.805 e. The van der Waals surface area contributed by atoms with E-state index in [4.69, 9.17) is 0 Å². The topological polar surface area (TPSA) is 51.0 Å². The maximum Gasteiger partial charge on any atom is 0.258 e. The van der Waals surface area contributed by atoms with E-state index >= 15 is 0 Å². The van der Waals surface area contributed by atoms with Crippen molar-refractivity contribution in [3.05, 3.63) is 32.9 Å². The first-order valence-corrected chi connectivity index (χ1v) is 4.97. The lowest BCUT2D eigenvalue weighted by Gasteiger charge is -2.22. The summed E-state index contributed by atoms with van der Waals surface area (Å²) in [7, 11) is 0. The molecule has 0 atom stereocenters. The van der Waals surface area contributed by atoms with Crippen molar-refractivity contribution in [3.8, 4) is 0 Å². The first kappa shape index (κ1) is 9.24. The highest BCUT2D eigenvalue weighted by Gasteiger charge is 2.24. The standard InChI is InChI=1S/C10H14N2O2/c1-7-8(2)12(14)10-6-4-3-5-9(10)11(7)13/h3-6H2,1-2H3. The SMILES string of the molecule is Cc1c(C)[n+](=O)c2c(n1[O-])CCCC2. The molecular formula is C10H14N2O2. The molecule has 1 heterocycles. The van der Waals surface area contributed by atoms with Gasteiger partial charge in [-0.1, -0.05) is 0 Å². The van der Waals surface area contributed by atoms with Crippen LogP contribution in [0.2, 0.25) is 0 Å². The van der Waals surface area contributed by atoms with Crippen LogP contribution in [0.15, 0.2) is 0 Å². The molecular weight excluding hydrogens is 180 g/mol. The summed E-state index contributed by atoms with van der Waals surface area (Å²) in [6, 6.07) is 0. The van der Waals surface area contributed by atoms with Crippen LogP contribution in [-0.4, -0.2) is 4.73 Å². The van der Waals surface area contributed by atoms with E-state index in [2.05, 4.69) is 0 Å². The van der Waals surface area contributed by atoms with Crippen molar-refractivity contribution in [1.82, 2.24) is 4.73 Å². The Morgan fingerprint density at radius 2 is 1.93 bits per heavy atom. The van der Waals surface area contributed by atoms with Crippen LogP contribution in [0.4, 0.5) is 0 Å². The molecule has 0 spiro atoms. The fourth-order valence-electron chi connectivity index (χ4n) is 2.01. The third-order valence-electron chi connectivity index (χ3n) is 3.03. The smallest absolute Gasteiger partial charge is 0.258 e. The van der Waals surface area contributed by atoms with E-state index in [1.165, 1.54) is 0 Å². The van der Waals surface area contributed by atoms with Crippen molar-refractivity contribution < 1.29 is 4.43 Å². The van der Waals surface area contributed by atoms with E-state index in [-0.39, 0.29) is 0 Å². The highest BCUT2D eigenvalue weighted by Crippen LogP contribution is 2.19. The van der Waals surface area contributed by atoms with Gasteiger partial charge in [-0.25, -0.2) is 0 Å². The molecule has 2 rings (SSSR count). The Bertz CT molecular complexity index is 435. The summed E-state index contributed by atoms with van der Waals surface area (Å²) in [6.45, 7) is 3.40. The van der Waals surface area contributed by atoms with Crippen LogP contribution in [0.25, 0.3) is 0 Å². The Balaban J connectivity index is 2.78. The van der Waals surface area contributed by atoms with Gasteiger partial charge in [0.25, 0.3) is 11.4 Å². The van der Waals surface area contributed by atoms with Crippen LogP contribution in [0.1, 0.15) is 35.6 Å². The molecule has 0 amide bonds. The van der Waals surface area contributed by atoms with E-state index in [9.17, 15) is 10.1 Å². The van der Waals surface area contributed by atoms with Gasteiger partial charge in [-0.2, -0.15) is 0 Å². The fourth-order valence-corrected chi connectivity index (χ4v) is 2.01. The highest BCUT2D eigenvalue weighted by atomic mass is 16.5. The van der Waals surface area contributed by atoms with Crippen molar-refractivity contribution >= 4 is 0 Å². The maximum absolute atomic E-state index is 11.8. The summed E-state index contributed by atoms with van der Waals surface area (Å²) in [5, 5.41) is 11.8. The predicted octanol–water partition coefficient (Wildman–Crippen LogP) is 1.24. The van der Waals surface area contributed by atoms with Gasteiger partial charge < -0.3 is 9.94 Å². The third kappa shape index (κ3) is 1.14. The van der Waals surface area contributed by atoms with E-state index in [0.717, 1.165) is 34.8 Å². The van der Waals surface area contributed by atoms with Crippen LogP contribution < -0.4 is 4.43 Å². The van der Waals surface area contributed by atoms with Crippen molar-refractivity contribution in [2.75, 3.05) is 0 Å². The molecule has 0 fully saturated rings. The Morgan fingerprint density at radius 1 is 1.29 bits per heavy atom. The monoisotopic (exact) mass is 194 g/mol. The molecule has 1 aromatic rings. The van der Waals surface area contributed by atoms with E-state index < -0.39 is 0 Å².